The highest BCUT2D eigenvalue weighted by molar-refractivity contribution is 5.94. The molecule has 4 nitrogen and oxygen atoms in total. The zero-order chi connectivity index (χ0) is 18.7. The standard InChI is InChI=1S/C19H19F3N2O2.ClH/c20-19(21,22)12-26-15-8-6-14(7-9-15)18(25)24-10-16(17(23)11-24)13-4-2-1-3-5-13;/h1-9,16-17H,10-12,23H2;1H/t16-,17+;/m0./s1. The Hall–Kier alpha value is -2.25. The Labute approximate surface area is 161 Å². The van der Waals surface area contributed by atoms with E-state index in [1.807, 2.05) is 30.3 Å². The summed E-state index contributed by atoms with van der Waals surface area (Å²) in [5.74, 6) is -0.0602. The van der Waals surface area contributed by atoms with Crippen molar-refractivity contribution in [3.05, 3.63) is 65.7 Å². The van der Waals surface area contributed by atoms with Crippen LogP contribution in [-0.2, 0) is 0 Å². The van der Waals surface area contributed by atoms with Gasteiger partial charge in [-0.3, -0.25) is 4.79 Å². The lowest BCUT2D eigenvalue weighted by Gasteiger charge is -2.17. The largest absolute Gasteiger partial charge is 0.484 e. The van der Waals surface area contributed by atoms with Gasteiger partial charge in [0.1, 0.15) is 5.75 Å². The van der Waals surface area contributed by atoms with Gasteiger partial charge in [0.15, 0.2) is 6.61 Å². The number of hydrogen-bond acceptors (Lipinski definition) is 3. The van der Waals surface area contributed by atoms with Crippen molar-refractivity contribution in [1.29, 1.82) is 0 Å². The predicted octanol–water partition coefficient (Wildman–Crippen LogP) is 3.62. The third-order valence-electron chi connectivity index (χ3n) is 4.38. The van der Waals surface area contributed by atoms with Crippen LogP contribution in [-0.4, -0.2) is 42.7 Å². The molecule has 0 radical (unpaired) electrons. The van der Waals surface area contributed by atoms with Crippen molar-refractivity contribution in [3.63, 3.8) is 0 Å². The normalized spacial score (nSPS) is 19.5. The van der Waals surface area contributed by atoms with Gasteiger partial charge in [-0.15, -0.1) is 12.4 Å². The molecule has 0 saturated carbocycles. The second-order valence-electron chi connectivity index (χ2n) is 6.32. The number of halogens is 4. The van der Waals surface area contributed by atoms with Gasteiger partial charge in [-0.25, -0.2) is 0 Å². The molecule has 0 unspecified atom stereocenters. The lowest BCUT2D eigenvalue weighted by atomic mass is 9.95. The number of carbonyl (C=O) groups excluding carboxylic acids is 1. The van der Waals surface area contributed by atoms with Crippen molar-refractivity contribution in [2.75, 3.05) is 19.7 Å². The smallest absolute Gasteiger partial charge is 0.422 e. The predicted molar refractivity (Wildman–Crippen MR) is 98.3 cm³/mol. The third-order valence-corrected chi connectivity index (χ3v) is 4.38. The number of carbonyl (C=O) groups is 1. The first kappa shape index (κ1) is 21.1. The molecule has 0 aromatic heterocycles. The topological polar surface area (TPSA) is 55.6 Å². The fourth-order valence-electron chi connectivity index (χ4n) is 3.09. The zero-order valence-electron chi connectivity index (χ0n) is 14.4. The van der Waals surface area contributed by atoms with Crippen LogP contribution >= 0.6 is 12.4 Å². The van der Waals surface area contributed by atoms with E-state index in [1.54, 1.807) is 4.90 Å². The minimum atomic E-state index is -4.40. The van der Waals surface area contributed by atoms with Crippen molar-refractivity contribution in [2.24, 2.45) is 5.73 Å². The minimum Gasteiger partial charge on any atom is -0.484 e. The summed E-state index contributed by atoms with van der Waals surface area (Å²) >= 11 is 0. The molecule has 146 valence electrons. The van der Waals surface area contributed by atoms with Crippen LogP contribution in [0.15, 0.2) is 54.6 Å². The van der Waals surface area contributed by atoms with Crippen molar-refractivity contribution < 1.29 is 22.7 Å². The van der Waals surface area contributed by atoms with Crippen molar-refractivity contribution in [2.45, 2.75) is 18.1 Å². The van der Waals surface area contributed by atoms with Crippen LogP contribution in [0.25, 0.3) is 0 Å². The quantitative estimate of drug-likeness (QED) is 0.852. The van der Waals surface area contributed by atoms with E-state index in [9.17, 15) is 18.0 Å². The van der Waals surface area contributed by atoms with E-state index in [2.05, 4.69) is 4.74 Å². The molecule has 2 atom stereocenters. The molecule has 1 fully saturated rings. The van der Waals surface area contributed by atoms with E-state index in [4.69, 9.17) is 5.73 Å². The zero-order valence-corrected chi connectivity index (χ0v) is 15.2. The summed E-state index contributed by atoms with van der Waals surface area (Å²) in [4.78, 5) is 14.3. The number of nitrogens with zero attached hydrogens (tertiary/aromatic N) is 1. The Morgan fingerprint density at radius 3 is 2.30 bits per heavy atom. The summed E-state index contributed by atoms with van der Waals surface area (Å²) in [7, 11) is 0. The second kappa shape index (κ2) is 8.63. The summed E-state index contributed by atoms with van der Waals surface area (Å²) in [6.45, 7) is -0.416. The molecule has 2 aromatic carbocycles. The molecule has 8 heteroatoms. The molecule has 1 aliphatic rings. The van der Waals surface area contributed by atoms with E-state index in [0.29, 0.717) is 18.7 Å². The van der Waals surface area contributed by atoms with Crippen LogP contribution in [0.4, 0.5) is 13.2 Å². The van der Waals surface area contributed by atoms with E-state index in [1.165, 1.54) is 24.3 Å². The molecule has 2 N–H and O–H groups in total. The molecule has 2 aromatic rings. The summed E-state index contributed by atoms with van der Waals surface area (Å²) in [5, 5.41) is 0. The maximum atomic E-state index is 12.6. The number of ether oxygens (including phenoxy) is 1. The lowest BCUT2D eigenvalue weighted by Crippen LogP contribution is -2.32. The Kier molecular flexibility index (Phi) is 6.73. The molecule has 0 bridgehead atoms. The number of rotatable bonds is 4. The Balaban J connectivity index is 0.00000261. The summed E-state index contributed by atoms with van der Waals surface area (Å²) < 4.78 is 41.2. The Bertz CT molecular complexity index is 754. The number of hydrogen-bond donors (Lipinski definition) is 1. The second-order valence-corrected chi connectivity index (χ2v) is 6.32. The lowest BCUT2D eigenvalue weighted by molar-refractivity contribution is -0.153. The highest BCUT2D eigenvalue weighted by atomic mass is 35.5. The third kappa shape index (κ3) is 5.37. The monoisotopic (exact) mass is 400 g/mol. The molecular weight excluding hydrogens is 381 g/mol. The first-order chi connectivity index (χ1) is 12.3. The summed E-state index contributed by atoms with van der Waals surface area (Å²) in [6.07, 6.45) is -4.40. The van der Waals surface area contributed by atoms with Gasteiger partial charge in [-0.1, -0.05) is 30.3 Å². The summed E-state index contributed by atoms with van der Waals surface area (Å²) in [5.41, 5.74) is 7.68. The molecule has 0 spiro atoms. The SMILES string of the molecule is Cl.N[C@@H]1CN(C(=O)c2ccc(OCC(F)(F)F)cc2)C[C@H]1c1ccccc1. The number of nitrogens with two attached hydrogens (primary N) is 1. The van der Waals surface area contributed by atoms with E-state index in [0.717, 1.165) is 5.56 Å². The van der Waals surface area contributed by atoms with E-state index in [-0.39, 0.29) is 36.0 Å². The van der Waals surface area contributed by atoms with E-state index < -0.39 is 12.8 Å². The average molecular weight is 401 g/mol. The molecule has 1 amide bonds. The maximum Gasteiger partial charge on any atom is 0.422 e. The Morgan fingerprint density at radius 1 is 1.07 bits per heavy atom. The molecule has 0 aliphatic carbocycles. The number of amides is 1. The van der Waals surface area contributed by atoms with Gasteiger partial charge in [-0.2, -0.15) is 13.2 Å². The van der Waals surface area contributed by atoms with Crippen LogP contribution < -0.4 is 10.5 Å². The van der Waals surface area contributed by atoms with Crippen LogP contribution in [0, 0.1) is 0 Å². The van der Waals surface area contributed by atoms with Crippen LogP contribution in [0.2, 0.25) is 0 Å². The van der Waals surface area contributed by atoms with Crippen molar-refractivity contribution >= 4 is 18.3 Å². The highest BCUT2D eigenvalue weighted by Gasteiger charge is 2.34. The van der Waals surface area contributed by atoms with Gasteiger partial charge >= 0.3 is 6.18 Å². The van der Waals surface area contributed by atoms with Gasteiger partial charge in [0.2, 0.25) is 0 Å². The number of likely N-dealkylation sites (tertiary alicyclic amines) is 1. The van der Waals surface area contributed by atoms with Gasteiger partial charge in [0.05, 0.1) is 0 Å². The van der Waals surface area contributed by atoms with Crippen LogP contribution in [0.5, 0.6) is 5.75 Å². The molecule has 27 heavy (non-hydrogen) atoms. The first-order valence-corrected chi connectivity index (χ1v) is 8.23. The van der Waals surface area contributed by atoms with Crippen molar-refractivity contribution in [1.82, 2.24) is 4.90 Å². The van der Waals surface area contributed by atoms with Gasteiger partial charge in [0.25, 0.3) is 5.91 Å². The van der Waals surface area contributed by atoms with E-state index >= 15 is 0 Å². The first-order valence-electron chi connectivity index (χ1n) is 8.23. The van der Waals surface area contributed by atoms with Gasteiger partial charge < -0.3 is 15.4 Å². The average Bonchev–Trinajstić information content (AvgIpc) is 3.02. The molecule has 1 aliphatic heterocycles. The molecule has 3 rings (SSSR count). The fourth-order valence-corrected chi connectivity index (χ4v) is 3.09. The van der Waals surface area contributed by atoms with Gasteiger partial charge in [0, 0.05) is 30.6 Å². The van der Waals surface area contributed by atoms with Gasteiger partial charge in [-0.05, 0) is 29.8 Å². The minimum absolute atomic E-state index is 0. The fraction of sp³-hybridized carbons (Fsp3) is 0.316. The van der Waals surface area contributed by atoms with Crippen LogP contribution in [0.3, 0.4) is 0 Å². The van der Waals surface area contributed by atoms with Crippen LogP contribution in [0.1, 0.15) is 21.8 Å². The van der Waals surface area contributed by atoms with Crippen molar-refractivity contribution in [3.8, 4) is 5.75 Å². The molecule has 1 heterocycles. The molecular formula is C19H20ClF3N2O2. The maximum absolute atomic E-state index is 12.6. The highest BCUT2D eigenvalue weighted by Crippen LogP contribution is 2.28. The number of benzene rings is 2. The Morgan fingerprint density at radius 2 is 1.70 bits per heavy atom. The molecule has 1 saturated heterocycles. The summed E-state index contributed by atoms with van der Waals surface area (Å²) in [6, 6.07) is 15.3. The number of alkyl halides is 3.